The fraction of sp³-hybridized carbons (Fsp3) is 0.222. The summed E-state index contributed by atoms with van der Waals surface area (Å²) in [5.74, 6) is -0.812. The topological polar surface area (TPSA) is 75.4 Å². The number of pyridine rings is 1. The average molecular weight is 328 g/mol. The van der Waals surface area contributed by atoms with Gasteiger partial charge in [-0.25, -0.2) is 4.39 Å². The van der Waals surface area contributed by atoms with Crippen LogP contribution in [-0.2, 0) is 6.42 Å². The van der Waals surface area contributed by atoms with Crippen molar-refractivity contribution in [3.05, 3.63) is 65.9 Å². The highest BCUT2D eigenvalue weighted by molar-refractivity contribution is 5.96. The molecule has 5 nitrogen and oxygen atoms in total. The van der Waals surface area contributed by atoms with Gasteiger partial charge in [-0.15, -0.1) is 0 Å². The Morgan fingerprint density at radius 2 is 2.17 bits per heavy atom. The van der Waals surface area contributed by atoms with E-state index in [9.17, 15) is 14.3 Å². The quantitative estimate of drug-likeness (QED) is 0.729. The molecule has 1 atom stereocenters. The van der Waals surface area contributed by atoms with Gasteiger partial charge in [-0.3, -0.25) is 9.78 Å². The lowest BCUT2D eigenvalue weighted by Gasteiger charge is -2.14. The predicted octanol–water partition coefficient (Wildman–Crippen LogP) is 2.55. The first-order valence-electron chi connectivity index (χ1n) is 7.64. The first-order chi connectivity index (χ1) is 11.7. The third-order valence-corrected chi connectivity index (χ3v) is 3.74. The van der Waals surface area contributed by atoms with E-state index >= 15 is 0 Å². The molecule has 1 unspecified atom stereocenters. The van der Waals surface area contributed by atoms with E-state index in [0.29, 0.717) is 17.4 Å². The molecule has 0 bridgehead atoms. The van der Waals surface area contributed by atoms with E-state index in [1.807, 2.05) is 18.2 Å². The number of nitrogens with zero attached hydrogens (tertiary/aromatic N) is 1. The Morgan fingerprint density at radius 1 is 1.29 bits per heavy atom. The van der Waals surface area contributed by atoms with Gasteiger partial charge in [0, 0.05) is 36.3 Å². The van der Waals surface area contributed by atoms with Crippen LogP contribution in [0.3, 0.4) is 0 Å². The largest absolute Gasteiger partial charge is 0.451 e. The van der Waals surface area contributed by atoms with Crippen molar-refractivity contribution in [2.24, 2.45) is 5.92 Å². The lowest BCUT2D eigenvalue weighted by molar-refractivity contribution is 0.0914. The van der Waals surface area contributed by atoms with Crippen LogP contribution >= 0.6 is 0 Å². The smallest absolute Gasteiger partial charge is 0.287 e. The van der Waals surface area contributed by atoms with Crippen LogP contribution in [0.2, 0.25) is 0 Å². The molecular weight excluding hydrogens is 311 g/mol. The first kappa shape index (κ1) is 16.1. The Hall–Kier alpha value is -2.73. The summed E-state index contributed by atoms with van der Waals surface area (Å²) in [6.45, 7) is 0.222. The number of furan rings is 1. The SMILES string of the molecule is O=C(NCC(CO)Cc1ccccn1)c1cc2cc(F)ccc2o1. The Kier molecular flexibility index (Phi) is 4.86. The summed E-state index contributed by atoms with van der Waals surface area (Å²) >= 11 is 0. The molecule has 0 saturated heterocycles. The molecule has 0 aliphatic rings. The van der Waals surface area contributed by atoms with Crippen LogP contribution in [-0.4, -0.2) is 29.1 Å². The van der Waals surface area contributed by atoms with Crippen LogP contribution in [0, 0.1) is 11.7 Å². The molecule has 6 heteroatoms. The maximum atomic E-state index is 13.2. The number of hydrogen-bond acceptors (Lipinski definition) is 4. The molecule has 0 saturated carbocycles. The summed E-state index contributed by atoms with van der Waals surface area (Å²) in [5.41, 5.74) is 1.30. The van der Waals surface area contributed by atoms with Crippen molar-refractivity contribution in [2.75, 3.05) is 13.2 Å². The van der Waals surface area contributed by atoms with Crippen LogP contribution in [0.15, 0.2) is 53.1 Å². The minimum Gasteiger partial charge on any atom is -0.451 e. The Labute approximate surface area is 138 Å². The van der Waals surface area contributed by atoms with E-state index in [2.05, 4.69) is 10.3 Å². The average Bonchev–Trinajstić information content (AvgIpc) is 3.02. The van der Waals surface area contributed by atoms with Crippen molar-refractivity contribution in [3.63, 3.8) is 0 Å². The van der Waals surface area contributed by atoms with Crippen molar-refractivity contribution in [3.8, 4) is 0 Å². The van der Waals surface area contributed by atoms with Gasteiger partial charge in [-0.1, -0.05) is 6.07 Å². The van der Waals surface area contributed by atoms with Crippen LogP contribution < -0.4 is 5.32 Å². The zero-order chi connectivity index (χ0) is 16.9. The second-order valence-corrected chi connectivity index (χ2v) is 5.58. The number of fused-ring (bicyclic) bond motifs is 1. The number of amides is 1. The summed E-state index contributed by atoms with van der Waals surface area (Å²) in [6.07, 6.45) is 2.25. The Morgan fingerprint density at radius 3 is 2.92 bits per heavy atom. The third kappa shape index (κ3) is 3.78. The van der Waals surface area contributed by atoms with E-state index in [1.54, 1.807) is 6.20 Å². The molecule has 2 aromatic heterocycles. The van der Waals surface area contributed by atoms with Gasteiger partial charge >= 0.3 is 0 Å². The molecule has 0 aliphatic heterocycles. The third-order valence-electron chi connectivity index (χ3n) is 3.74. The van der Waals surface area contributed by atoms with E-state index in [1.165, 1.54) is 24.3 Å². The van der Waals surface area contributed by atoms with E-state index < -0.39 is 5.91 Å². The number of rotatable bonds is 6. The molecule has 3 aromatic rings. The van der Waals surface area contributed by atoms with Gasteiger partial charge in [-0.05, 0) is 42.8 Å². The molecule has 124 valence electrons. The number of hydrogen-bond donors (Lipinski definition) is 2. The van der Waals surface area contributed by atoms with Crippen molar-refractivity contribution >= 4 is 16.9 Å². The van der Waals surface area contributed by atoms with Gasteiger partial charge < -0.3 is 14.8 Å². The van der Waals surface area contributed by atoms with E-state index in [4.69, 9.17) is 4.42 Å². The van der Waals surface area contributed by atoms with Crippen molar-refractivity contribution in [2.45, 2.75) is 6.42 Å². The summed E-state index contributed by atoms with van der Waals surface area (Å²) in [6, 6.07) is 11.2. The van der Waals surface area contributed by atoms with Crippen LogP contribution in [0.1, 0.15) is 16.2 Å². The maximum absolute atomic E-state index is 13.2. The van der Waals surface area contributed by atoms with Crippen molar-refractivity contribution in [1.29, 1.82) is 0 Å². The van der Waals surface area contributed by atoms with Crippen molar-refractivity contribution < 1.29 is 18.7 Å². The van der Waals surface area contributed by atoms with Gasteiger partial charge in [0.25, 0.3) is 5.91 Å². The number of carbonyl (C=O) groups is 1. The standard InChI is InChI=1S/C18H17FN2O3/c19-14-4-5-16-13(8-14)9-17(24-16)18(23)21-10-12(11-22)7-15-3-1-2-6-20-15/h1-6,8-9,12,22H,7,10-11H2,(H,21,23). The highest BCUT2D eigenvalue weighted by Gasteiger charge is 2.15. The molecule has 1 amide bonds. The summed E-state index contributed by atoms with van der Waals surface area (Å²) in [5, 5.41) is 12.7. The van der Waals surface area contributed by atoms with E-state index in [-0.39, 0.29) is 30.6 Å². The highest BCUT2D eigenvalue weighted by Crippen LogP contribution is 2.20. The molecular formula is C18H17FN2O3. The first-order valence-corrected chi connectivity index (χ1v) is 7.64. The van der Waals surface area contributed by atoms with Gasteiger partial charge in [0.15, 0.2) is 5.76 Å². The zero-order valence-electron chi connectivity index (χ0n) is 12.9. The number of halogens is 1. The minimum absolute atomic E-state index is 0.0673. The molecule has 24 heavy (non-hydrogen) atoms. The monoisotopic (exact) mass is 328 g/mol. The molecule has 2 N–H and O–H groups in total. The highest BCUT2D eigenvalue weighted by atomic mass is 19.1. The molecule has 3 rings (SSSR count). The molecule has 0 aliphatic carbocycles. The fourth-order valence-corrected chi connectivity index (χ4v) is 2.47. The number of aliphatic hydroxyl groups is 1. The molecule has 2 heterocycles. The maximum Gasteiger partial charge on any atom is 0.287 e. The fourth-order valence-electron chi connectivity index (χ4n) is 2.47. The molecule has 0 radical (unpaired) electrons. The second-order valence-electron chi connectivity index (χ2n) is 5.58. The lowest BCUT2D eigenvalue weighted by Crippen LogP contribution is -2.31. The number of carbonyl (C=O) groups excluding carboxylic acids is 1. The zero-order valence-corrected chi connectivity index (χ0v) is 12.9. The van der Waals surface area contributed by atoms with Gasteiger partial charge in [0.2, 0.25) is 0 Å². The number of benzene rings is 1. The van der Waals surface area contributed by atoms with Gasteiger partial charge in [0.1, 0.15) is 11.4 Å². The predicted molar refractivity (Wildman–Crippen MR) is 87.0 cm³/mol. The minimum atomic E-state index is -0.397. The van der Waals surface area contributed by atoms with Crippen LogP contribution in [0.5, 0.6) is 0 Å². The number of aliphatic hydroxyl groups excluding tert-OH is 1. The molecule has 0 spiro atoms. The van der Waals surface area contributed by atoms with Gasteiger partial charge in [-0.2, -0.15) is 0 Å². The van der Waals surface area contributed by atoms with Crippen LogP contribution in [0.25, 0.3) is 11.0 Å². The van der Waals surface area contributed by atoms with Crippen LogP contribution in [0.4, 0.5) is 4.39 Å². The molecule has 1 aromatic carbocycles. The van der Waals surface area contributed by atoms with Gasteiger partial charge in [0.05, 0.1) is 0 Å². The summed E-state index contributed by atoms with van der Waals surface area (Å²) < 4.78 is 18.6. The van der Waals surface area contributed by atoms with E-state index in [0.717, 1.165) is 5.69 Å². The number of aromatic nitrogens is 1. The van der Waals surface area contributed by atoms with Crippen molar-refractivity contribution in [1.82, 2.24) is 10.3 Å². The summed E-state index contributed by atoms with van der Waals surface area (Å²) in [4.78, 5) is 16.4. The Bertz CT molecular complexity index is 833. The normalized spacial score (nSPS) is 12.2. The Balaban J connectivity index is 1.62. The summed E-state index contributed by atoms with van der Waals surface area (Å²) in [7, 11) is 0. The lowest BCUT2D eigenvalue weighted by atomic mass is 10.0. The number of nitrogens with one attached hydrogen (secondary N) is 1. The second kappa shape index (κ2) is 7.23. The molecule has 0 fully saturated rings.